The number of rotatable bonds is 0. The molecule has 1 aromatic rings. The summed E-state index contributed by atoms with van der Waals surface area (Å²) in [7, 11) is 0. The van der Waals surface area contributed by atoms with Gasteiger partial charge in [-0.25, -0.2) is 9.37 Å². The van der Waals surface area contributed by atoms with Gasteiger partial charge in [-0.3, -0.25) is 0 Å². The van der Waals surface area contributed by atoms with Crippen LogP contribution in [0.2, 0.25) is 5.15 Å². The van der Waals surface area contributed by atoms with Gasteiger partial charge < -0.3 is 0 Å². The standard InChI is InChI=1S/C9H4ClFN2/c10-9-8(11)7(4-6-13-9)3-1-2-5-12/h4,6H,2H2. The minimum atomic E-state index is -0.644. The molecule has 0 aliphatic carbocycles. The van der Waals surface area contributed by atoms with E-state index in [1.165, 1.54) is 12.3 Å². The fourth-order valence-corrected chi connectivity index (χ4v) is 0.852. The molecule has 4 heteroatoms. The van der Waals surface area contributed by atoms with E-state index in [1.807, 2.05) is 6.07 Å². The molecule has 0 bridgehead atoms. The van der Waals surface area contributed by atoms with Gasteiger partial charge in [-0.05, 0) is 6.07 Å². The number of nitriles is 1. The quantitative estimate of drug-likeness (QED) is 0.469. The highest BCUT2D eigenvalue weighted by molar-refractivity contribution is 6.29. The zero-order chi connectivity index (χ0) is 9.68. The number of hydrogen-bond acceptors (Lipinski definition) is 2. The van der Waals surface area contributed by atoms with E-state index in [-0.39, 0.29) is 17.1 Å². The average molecular weight is 195 g/mol. The van der Waals surface area contributed by atoms with Crippen LogP contribution < -0.4 is 0 Å². The topological polar surface area (TPSA) is 36.7 Å². The molecular formula is C9H4ClFN2. The van der Waals surface area contributed by atoms with E-state index in [9.17, 15) is 4.39 Å². The van der Waals surface area contributed by atoms with Crippen molar-refractivity contribution in [2.24, 2.45) is 0 Å². The second-order valence-corrected chi connectivity index (χ2v) is 2.46. The molecule has 0 saturated heterocycles. The first-order valence-electron chi connectivity index (χ1n) is 3.41. The van der Waals surface area contributed by atoms with Gasteiger partial charge in [0.15, 0.2) is 11.0 Å². The molecule has 0 aliphatic rings. The van der Waals surface area contributed by atoms with Crippen molar-refractivity contribution in [3.05, 3.63) is 28.8 Å². The van der Waals surface area contributed by atoms with Crippen molar-refractivity contribution in [3.8, 4) is 17.9 Å². The molecule has 0 atom stereocenters. The Kier molecular flexibility index (Phi) is 3.25. The summed E-state index contributed by atoms with van der Waals surface area (Å²) in [5.41, 5.74) is 0.162. The third kappa shape index (κ3) is 2.43. The zero-order valence-corrected chi connectivity index (χ0v) is 7.27. The van der Waals surface area contributed by atoms with E-state index >= 15 is 0 Å². The number of halogens is 2. The summed E-state index contributed by atoms with van der Waals surface area (Å²) in [5, 5.41) is 7.98. The molecule has 13 heavy (non-hydrogen) atoms. The zero-order valence-electron chi connectivity index (χ0n) is 6.51. The lowest BCUT2D eigenvalue weighted by molar-refractivity contribution is 0.618. The molecule has 0 radical (unpaired) electrons. The predicted octanol–water partition coefficient (Wildman–Crippen LogP) is 2.14. The van der Waals surface area contributed by atoms with Crippen LogP contribution in [0.4, 0.5) is 4.39 Å². The maximum atomic E-state index is 13.0. The molecule has 1 rings (SSSR count). The van der Waals surface area contributed by atoms with Crippen molar-refractivity contribution >= 4 is 11.6 Å². The Morgan fingerprint density at radius 2 is 2.38 bits per heavy atom. The number of hydrogen-bond donors (Lipinski definition) is 0. The molecule has 0 aromatic carbocycles. The Balaban J connectivity index is 2.99. The minimum Gasteiger partial charge on any atom is -0.241 e. The first-order valence-corrected chi connectivity index (χ1v) is 3.79. The fourth-order valence-electron chi connectivity index (χ4n) is 0.694. The lowest BCUT2D eigenvalue weighted by Gasteiger charge is -1.93. The van der Waals surface area contributed by atoms with E-state index in [0.29, 0.717) is 0 Å². The number of pyridine rings is 1. The van der Waals surface area contributed by atoms with E-state index < -0.39 is 5.82 Å². The molecular weight excluding hydrogens is 191 g/mol. The highest BCUT2D eigenvalue weighted by Gasteiger charge is 2.03. The van der Waals surface area contributed by atoms with Crippen LogP contribution in [0.3, 0.4) is 0 Å². The summed E-state index contributed by atoms with van der Waals surface area (Å²) in [6, 6.07) is 3.24. The molecule has 0 unspecified atom stereocenters. The summed E-state index contributed by atoms with van der Waals surface area (Å²) in [5.74, 6) is 4.32. The molecule has 0 saturated carbocycles. The van der Waals surface area contributed by atoms with Gasteiger partial charge in [0, 0.05) is 6.20 Å². The number of nitrogens with zero attached hydrogens (tertiary/aromatic N) is 2. The molecule has 0 N–H and O–H groups in total. The van der Waals surface area contributed by atoms with Crippen molar-refractivity contribution in [1.82, 2.24) is 4.98 Å². The van der Waals surface area contributed by atoms with Gasteiger partial charge in [-0.15, -0.1) is 0 Å². The maximum absolute atomic E-state index is 13.0. The van der Waals surface area contributed by atoms with Crippen LogP contribution in [0, 0.1) is 29.0 Å². The predicted molar refractivity (Wildman–Crippen MR) is 46.3 cm³/mol. The van der Waals surface area contributed by atoms with Gasteiger partial charge in [-0.1, -0.05) is 23.4 Å². The summed E-state index contributed by atoms with van der Waals surface area (Å²) in [6.07, 6.45) is 1.43. The number of aromatic nitrogens is 1. The van der Waals surface area contributed by atoms with E-state index in [0.717, 1.165) is 0 Å². The SMILES string of the molecule is N#CCC#Cc1ccnc(Cl)c1F. The summed E-state index contributed by atoms with van der Waals surface area (Å²) in [6.45, 7) is 0. The summed E-state index contributed by atoms with van der Waals surface area (Å²) >= 11 is 5.41. The maximum Gasteiger partial charge on any atom is 0.176 e. The summed E-state index contributed by atoms with van der Waals surface area (Å²) < 4.78 is 13.0. The third-order valence-corrected chi connectivity index (χ3v) is 1.50. The highest BCUT2D eigenvalue weighted by atomic mass is 35.5. The first kappa shape index (κ1) is 9.51. The van der Waals surface area contributed by atoms with Gasteiger partial charge in [0.25, 0.3) is 0 Å². The van der Waals surface area contributed by atoms with E-state index in [4.69, 9.17) is 16.9 Å². The fraction of sp³-hybridized carbons (Fsp3) is 0.111. The molecule has 1 heterocycles. The van der Waals surface area contributed by atoms with Crippen molar-refractivity contribution in [2.45, 2.75) is 6.42 Å². The Hall–Kier alpha value is -1.58. The van der Waals surface area contributed by atoms with Gasteiger partial charge in [0.05, 0.1) is 18.1 Å². The van der Waals surface area contributed by atoms with Crippen molar-refractivity contribution in [2.75, 3.05) is 0 Å². The first-order chi connectivity index (χ1) is 6.25. The van der Waals surface area contributed by atoms with E-state index in [2.05, 4.69) is 16.8 Å². The lowest BCUT2D eigenvalue weighted by Crippen LogP contribution is -1.87. The molecule has 1 aromatic heterocycles. The van der Waals surface area contributed by atoms with E-state index in [1.54, 1.807) is 0 Å². The molecule has 2 nitrogen and oxygen atoms in total. The molecule has 64 valence electrons. The molecule has 0 aliphatic heterocycles. The Labute approximate surface area is 80.0 Å². The van der Waals surface area contributed by atoms with Gasteiger partial charge >= 0.3 is 0 Å². The second-order valence-electron chi connectivity index (χ2n) is 2.10. The van der Waals surface area contributed by atoms with Crippen molar-refractivity contribution in [3.63, 3.8) is 0 Å². The van der Waals surface area contributed by atoms with Gasteiger partial charge in [0.1, 0.15) is 0 Å². The highest BCUT2D eigenvalue weighted by Crippen LogP contribution is 2.13. The van der Waals surface area contributed by atoms with Crippen LogP contribution in [-0.4, -0.2) is 4.98 Å². The molecule has 0 amide bonds. The summed E-state index contributed by atoms with van der Waals surface area (Å²) in [4.78, 5) is 3.53. The van der Waals surface area contributed by atoms with Crippen LogP contribution in [0.5, 0.6) is 0 Å². The van der Waals surface area contributed by atoms with Crippen LogP contribution in [-0.2, 0) is 0 Å². The molecule has 0 spiro atoms. The smallest absolute Gasteiger partial charge is 0.176 e. The Bertz CT molecular complexity index is 412. The van der Waals surface area contributed by atoms with Gasteiger partial charge in [-0.2, -0.15) is 5.26 Å². The van der Waals surface area contributed by atoms with Crippen molar-refractivity contribution in [1.29, 1.82) is 5.26 Å². The minimum absolute atomic E-state index is 0.0688. The Morgan fingerprint density at radius 1 is 1.62 bits per heavy atom. The lowest BCUT2D eigenvalue weighted by atomic mass is 10.2. The monoisotopic (exact) mass is 194 g/mol. The normalized spacial score (nSPS) is 8.38. The van der Waals surface area contributed by atoms with Crippen LogP contribution in [0.15, 0.2) is 12.3 Å². The largest absolute Gasteiger partial charge is 0.241 e. The van der Waals surface area contributed by atoms with Crippen LogP contribution in [0.1, 0.15) is 12.0 Å². The van der Waals surface area contributed by atoms with Crippen molar-refractivity contribution < 1.29 is 4.39 Å². The third-order valence-electron chi connectivity index (χ3n) is 1.24. The average Bonchev–Trinajstić information content (AvgIpc) is 2.13. The van der Waals surface area contributed by atoms with Crippen LogP contribution >= 0.6 is 11.6 Å². The second kappa shape index (κ2) is 4.45. The van der Waals surface area contributed by atoms with Gasteiger partial charge in [0.2, 0.25) is 0 Å². The van der Waals surface area contributed by atoms with Crippen LogP contribution in [0.25, 0.3) is 0 Å². The Morgan fingerprint density at radius 3 is 3.08 bits per heavy atom. The molecule has 0 fully saturated rings.